The summed E-state index contributed by atoms with van der Waals surface area (Å²) in [5.74, 6) is -1.06. The molecule has 0 aliphatic carbocycles. The Morgan fingerprint density at radius 2 is 1.50 bits per heavy atom. The average Bonchev–Trinajstić information content (AvgIpc) is 2.80. The molecule has 0 saturated carbocycles. The Morgan fingerprint density at radius 3 is 2.03 bits per heavy atom. The van der Waals surface area contributed by atoms with Crippen molar-refractivity contribution >= 4 is 11.8 Å². The van der Waals surface area contributed by atoms with Gasteiger partial charge in [-0.1, -0.05) is 43.7 Å². The van der Waals surface area contributed by atoms with E-state index in [9.17, 15) is 35.9 Å². The Labute approximate surface area is 193 Å². The molecule has 3 rings (SSSR count). The molecule has 1 fully saturated rings. The van der Waals surface area contributed by atoms with Crippen molar-refractivity contribution in [2.45, 2.75) is 44.6 Å². The number of alkyl halides is 6. The molecule has 1 aliphatic rings. The standard InChI is InChI=1S/C24H24F6N2O2/c1-2-3-9-21(33)32-11-10-31(15-20(32)16-7-5-4-6-8-16)22(34)17-12-18(23(25,26)27)14-19(13-17)24(28,29)30/h4-8,12-14,20H,2-3,9-11,15H2,1H3. The highest BCUT2D eigenvalue weighted by Gasteiger charge is 2.39. The predicted octanol–water partition coefficient (Wildman–Crippen LogP) is 5.94. The van der Waals surface area contributed by atoms with Gasteiger partial charge in [0.2, 0.25) is 5.91 Å². The minimum Gasteiger partial charge on any atom is -0.334 e. The fourth-order valence-corrected chi connectivity index (χ4v) is 3.96. The maximum atomic E-state index is 13.2. The third-order valence-electron chi connectivity index (χ3n) is 5.75. The number of carbonyl (C=O) groups is 2. The molecule has 0 aromatic heterocycles. The molecule has 184 valence electrons. The van der Waals surface area contributed by atoms with E-state index in [1.165, 1.54) is 4.90 Å². The molecule has 4 nitrogen and oxygen atoms in total. The molecule has 34 heavy (non-hydrogen) atoms. The molecule has 2 aromatic carbocycles. The van der Waals surface area contributed by atoms with Gasteiger partial charge in [0.15, 0.2) is 0 Å². The van der Waals surface area contributed by atoms with Crippen LogP contribution in [-0.2, 0) is 17.1 Å². The number of amides is 2. The van der Waals surface area contributed by atoms with Crippen molar-refractivity contribution in [3.05, 3.63) is 70.8 Å². The molecule has 1 saturated heterocycles. The van der Waals surface area contributed by atoms with E-state index in [4.69, 9.17) is 0 Å². The van der Waals surface area contributed by atoms with Crippen molar-refractivity contribution in [1.82, 2.24) is 9.80 Å². The predicted molar refractivity (Wildman–Crippen MR) is 113 cm³/mol. The quantitative estimate of drug-likeness (QED) is 0.491. The van der Waals surface area contributed by atoms with Gasteiger partial charge < -0.3 is 9.80 Å². The zero-order valence-corrected chi connectivity index (χ0v) is 18.4. The van der Waals surface area contributed by atoms with Gasteiger partial charge in [-0.2, -0.15) is 26.3 Å². The minimum atomic E-state index is -5.05. The van der Waals surface area contributed by atoms with Crippen molar-refractivity contribution in [2.75, 3.05) is 19.6 Å². The Hall–Kier alpha value is -3.04. The van der Waals surface area contributed by atoms with Crippen LogP contribution in [0.1, 0.15) is 59.3 Å². The number of unbranched alkanes of at least 4 members (excludes halogenated alkanes) is 1. The first-order valence-corrected chi connectivity index (χ1v) is 10.8. The highest BCUT2D eigenvalue weighted by molar-refractivity contribution is 5.95. The first-order chi connectivity index (χ1) is 15.9. The van der Waals surface area contributed by atoms with Gasteiger partial charge in [-0.05, 0) is 30.2 Å². The van der Waals surface area contributed by atoms with Gasteiger partial charge in [0.25, 0.3) is 5.91 Å². The molecule has 1 atom stereocenters. The molecular formula is C24H24F6N2O2. The normalized spacial score (nSPS) is 17.1. The topological polar surface area (TPSA) is 40.6 Å². The first-order valence-electron chi connectivity index (χ1n) is 10.8. The van der Waals surface area contributed by atoms with Crippen molar-refractivity contribution in [2.24, 2.45) is 0 Å². The van der Waals surface area contributed by atoms with Crippen LogP contribution in [0.25, 0.3) is 0 Å². The smallest absolute Gasteiger partial charge is 0.334 e. The van der Waals surface area contributed by atoms with E-state index >= 15 is 0 Å². The van der Waals surface area contributed by atoms with E-state index in [1.807, 2.05) is 6.92 Å². The summed E-state index contributed by atoms with van der Waals surface area (Å²) in [7, 11) is 0. The van der Waals surface area contributed by atoms with Gasteiger partial charge in [-0.15, -0.1) is 0 Å². The van der Waals surface area contributed by atoms with Gasteiger partial charge in [0.1, 0.15) is 0 Å². The number of piperazine rings is 1. The van der Waals surface area contributed by atoms with Crippen LogP contribution in [0.15, 0.2) is 48.5 Å². The van der Waals surface area contributed by atoms with E-state index < -0.39 is 41.0 Å². The summed E-state index contributed by atoms with van der Waals surface area (Å²) in [6, 6.07) is 9.14. The molecular weight excluding hydrogens is 462 g/mol. The Kier molecular flexibility index (Phi) is 7.57. The van der Waals surface area contributed by atoms with E-state index in [0.29, 0.717) is 25.0 Å². The summed E-state index contributed by atoms with van der Waals surface area (Å²) in [4.78, 5) is 28.7. The molecule has 0 spiro atoms. The van der Waals surface area contributed by atoms with Crippen LogP contribution < -0.4 is 0 Å². The van der Waals surface area contributed by atoms with Crippen LogP contribution in [0, 0.1) is 0 Å². The summed E-state index contributed by atoms with van der Waals surface area (Å²) in [5.41, 5.74) is -3.05. The molecule has 0 bridgehead atoms. The lowest BCUT2D eigenvalue weighted by Gasteiger charge is -2.42. The van der Waals surface area contributed by atoms with Crippen molar-refractivity contribution < 1.29 is 35.9 Å². The second-order valence-electron chi connectivity index (χ2n) is 8.16. The summed E-state index contributed by atoms with van der Waals surface area (Å²) in [6.07, 6.45) is -8.28. The lowest BCUT2D eigenvalue weighted by Crippen LogP contribution is -2.52. The number of hydrogen-bond donors (Lipinski definition) is 0. The molecule has 0 radical (unpaired) electrons. The molecule has 0 N–H and O–H groups in total. The molecule has 2 aromatic rings. The average molecular weight is 486 g/mol. The number of benzene rings is 2. The number of carbonyl (C=O) groups excluding carboxylic acids is 2. The van der Waals surface area contributed by atoms with E-state index in [2.05, 4.69) is 0 Å². The zero-order valence-electron chi connectivity index (χ0n) is 18.4. The van der Waals surface area contributed by atoms with E-state index in [1.54, 1.807) is 35.2 Å². The van der Waals surface area contributed by atoms with Crippen LogP contribution in [-0.4, -0.2) is 41.2 Å². The highest BCUT2D eigenvalue weighted by atomic mass is 19.4. The van der Waals surface area contributed by atoms with Crippen LogP contribution >= 0.6 is 0 Å². The number of rotatable bonds is 5. The van der Waals surface area contributed by atoms with Crippen molar-refractivity contribution in [1.29, 1.82) is 0 Å². The third kappa shape index (κ3) is 5.90. The van der Waals surface area contributed by atoms with E-state index in [-0.39, 0.29) is 31.6 Å². The van der Waals surface area contributed by atoms with Gasteiger partial charge >= 0.3 is 12.4 Å². The second-order valence-corrected chi connectivity index (χ2v) is 8.16. The summed E-state index contributed by atoms with van der Waals surface area (Å²) < 4.78 is 79.4. The monoisotopic (exact) mass is 486 g/mol. The highest BCUT2D eigenvalue weighted by Crippen LogP contribution is 2.37. The maximum absolute atomic E-state index is 13.2. The number of hydrogen-bond acceptors (Lipinski definition) is 2. The number of halogens is 6. The largest absolute Gasteiger partial charge is 0.416 e. The summed E-state index contributed by atoms with van der Waals surface area (Å²) >= 11 is 0. The Morgan fingerprint density at radius 1 is 0.912 bits per heavy atom. The fraction of sp³-hybridized carbons (Fsp3) is 0.417. The second kappa shape index (κ2) is 10.1. The first kappa shape index (κ1) is 25.6. The maximum Gasteiger partial charge on any atom is 0.416 e. The summed E-state index contributed by atoms with van der Waals surface area (Å²) in [5, 5.41) is 0. The van der Waals surface area contributed by atoms with Gasteiger partial charge in [-0.3, -0.25) is 9.59 Å². The Balaban J connectivity index is 1.93. The number of nitrogens with zero attached hydrogens (tertiary/aromatic N) is 2. The van der Waals surface area contributed by atoms with Crippen LogP contribution in [0.5, 0.6) is 0 Å². The lowest BCUT2D eigenvalue weighted by atomic mass is 9.99. The van der Waals surface area contributed by atoms with Gasteiger partial charge in [0, 0.05) is 31.6 Å². The third-order valence-corrected chi connectivity index (χ3v) is 5.75. The minimum absolute atomic E-state index is 0.00235. The van der Waals surface area contributed by atoms with Crippen LogP contribution in [0.4, 0.5) is 26.3 Å². The fourth-order valence-electron chi connectivity index (χ4n) is 3.96. The molecule has 1 heterocycles. The van der Waals surface area contributed by atoms with Crippen LogP contribution in [0.2, 0.25) is 0 Å². The molecule has 1 aliphatic heterocycles. The van der Waals surface area contributed by atoms with Gasteiger partial charge in [0.05, 0.1) is 17.2 Å². The van der Waals surface area contributed by atoms with Crippen LogP contribution in [0.3, 0.4) is 0 Å². The molecule has 2 amide bonds. The SMILES string of the molecule is CCCCC(=O)N1CCN(C(=O)c2cc(C(F)(F)F)cc(C(F)(F)F)c2)CC1c1ccccc1. The zero-order chi connectivity index (χ0) is 25.1. The molecule has 1 unspecified atom stereocenters. The van der Waals surface area contributed by atoms with Crippen molar-refractivity contribution in [3.8, 4) is 0 Å². The van der Waals surface area contributed by atoms with Crippen molar-refractivity contribution in [3.63, 3.8) is 0 Å². The lowest BCUT2D eigenvalue weighted by molar-refractivity contribution is -0.143. The van der Waals surface area contributed by atoms with Gasteiger partial charge in [-0.25, -0.2) is 0 Å². The Bertz CT molecular complexity index is 988. The molecule has 10 heteroatoms. The summed E-state index contributed by atoms with van der Waals surface area (Å²) in [6.45, 7) is 2.03. The van der Waals surface area contributed by atoms with E-state index in [0.717, 1.165) is 12.0 Å².